The number of nitrogens with two attached hydrogens (primary N) is 1. The zero-order valence-corrected chi connectivity index (χ0v) is 17.0. The van der Waals surface area contributed by atoms with Crippen molar-refractivity contribution in [3.63, 3.8) is 0 Å². The summed E-state index contributed by atoms with van der Waals surface area (Å²) < 4.78 is 0. The van der Waals surface area contributed by atoms with Gasteiger partial charge in [0.05, 0.1) is 5.92 Å². The van der Waals surface area contributed by atoms with Crippen LogP contribution in [0.4, 0.5) is 0 Å². The number of carbonyl (C=O) groups is 3. The Kier molecular flexibility index (Phi) is 8.21. The van der Waals surface area contributed by atoms with E-state index in [1.54, 1.807) is 4.90 Å². The van der Waals surface area contributed by atoms with Gasteiger partial charge >= 0.3 is 0 Å². The van der Waals surface area contributed by atoms with Gasteiger partial charge in [-0.15, -0.1) is 0 Å². The lowest BCUT2D eigenvalue weighted by atomic mass is 10.0. The Labute approximate surface area is 170 Å². The number of aromatic amines is 1. The fraction of sp³-hybridized carbons (Fsp3) is 0.476. The normalized spacial score (nSPS) is 19.1. The van der Waals surface area contributed by atoms with Gasteiger partial charge in [0.1, 0.15) is 0 Å². The Bertz CT molecular complexity index is 844. The molecule has 2 amide bonds. The zero-order valence-electron chi connectivity index (χ0n) is 17.0. The number of aliphatic carboxylic acids is 1. The highest BCUT2D eigenvalue weighted by atomic mass is 16.4. The summed E-state index contributed by atoms with van der Waals surface area (Å²) in [4.78, 5) is 38.2. The van der Waals surface area contributed by atoms with Crippen LogP contribution in [0.2, 0.25) is 0 Å². The average molecular weight is 402 g/mol. The Morgan fingerprint density at radius 2 is 1.90 bits per heavy atom. The smallest absolute Gasteiger partial charge is 0.300 e. The topological polar surface area (TPSA) is 129 Å². The van der Waals surface area contributed by atoms with Gasteiger partial charge in [-0.2, -0.15) is 0 Å². The first kappa shape index (κ1) is 22.4. The molecule has 158 valence electrons. The van der Waals surface area contributed by atoms with E-state index in [1.807, 2.05) is 24.4 Å². The molecular weight excluding hydrogens is 372 g/mol. The molecule has 2 atom stereocenters. The minimum absolute atomic E-state index is 0.0141. The Morgan fingerprint density at radius 1 is 1.21 bits per heavy atom. The third-order valence-electron chi connectivity index (χ3n) is 4.97. The monoisotopic (exact) mass is 402 g/mol. The fourth-order valence-corrected chi connectivity index (χ4v) is 3.50. The minimum atomic E-state index is -0.833. The number of carboxylic acid groups (broad SMARTS) is 1. The van der Waals surface area contributed by atoms with E-state index < -0.39 is 5.97 Å². The lowest BCUT2D eigenvalue weighted by Crippen LogP contribution is -2.42. The van der Waals surface area contributed by atoms with Crippen molar-refractivity contribution in [2.45, 2.75) is 39.2 Å². The molecule has 2 aromatic rings. The molecule has 1 aromatic carbocycles. The van der Waals surface area contributed by atoms with Gasteiger partial charge in [0.2, 0.25) is 11.8 Å². The van der Waals surface area contributed by atoms with Gasteiger partial charge in [-0.3, -0.25) is 14.4 Å². The zero-order chi connectivity index (χ0) is 21.4. The predicted octanol–water partition coefficient (Wildman–Crippen LogP) is 1.50. The quantitative estimate of drug-likeness (QED) is 0.616. The Balaban J connectivity index is 0.000000687. The molecule has 1 aliphatic heterocycles. The highest BCUT2D eigenvalue weighted by Crippen LogP contribution is 2.19. The molecule has 0 aliphatic carbocycles. The molecule has 8 nitrogen and oxygen atoms in total. The summed E-state index contributed by atoms with van der Waals surface area (Å²) in [7, 11) is 0. The van der Waals surface area contributed by atoms with Crippen LogP contribution in [0.5, 0.6) is 0 Å². The van der Waals surface area contributed by atoms with Gasteiger partial charge in [-0.25, -0.2) is 0 Å². The number of hydrogen-bond donors (Lipinski definition) is 4. The standard InChI is InChI=1S/C19H26N4O2.C2H4O2/c1-13(24)23-11-15(6-7-16(20)12-23)19(25)21-9-8-14-10-22-18-5-3-2-4-17(14)18;1-2(3)4/h2-5,10,15-16,22H,6-9,11-12,20H2,1H3,(H,21,25);1H3,(H,3,4)/t15-,16+;/m1./s1. The molecule has 0 bridgehead atoms. The van der Waals surface area contributed by atoms with E-state index in [0.29, 0.717) is 19.6 Å². The van der Waals surface area contributed by atoms with Gasteiger partial charge in [0, 0.05) is 56.6 Å². The number of carboxylic acids is 1. The molecule has 0 radical (unpaired) electrons. The van der Waals surface area contributed by atoms with Gasteiger partial charge in [-0.05, 0) is 30.9 Å². The summed E-state index contributed by atoms with van der Waals surface area (Å²) in [6, 6.07) is 8.10. The number of carbonyl (C=O) groups excluding carboxylic acids is 2. The fourth-order valence-electron chi connectivity index (χ4n) is 3.50. The second kappa shape index (κ2) is 10.6. The summed E-state index contributed by atoms with van der Waals surface area (Å²) in [6.45, 7) is 4.20. The maximum absolute atomic E-state index is 12.5. The SMILES string of the molecule is CC(=O)N1C[C@@H](N)CC[C@@H](C(=O)NCCc2c[nH]c3ccccc23)C1.CC(=O)O. The number of fused-ring (bicyclic) bond motifs is 1. The highest BCUT2D eigenvalue weighted by Gasteiger charge is 2.28. The van der Waals surface area contributed by atoms with Crippen molar-refractivity contribution < 1.29 is 19.5 Å². The number of H-pyrrole nitrogens is 1. The molecule has 0 spiro atoms. The summed E-state index contributed by atoms with van der Waals surface area (Å²) in [6.07, 6.45) is 4.27. The molecule has 5 N–H and O–H groups in total. The lowest BCUT2D eigenvalue weighted by Gasteiger charge is -2.23. The van der Waals surface area contributed by atoms with Crippen LogP contribution in [0.1, 0.15) is 32.3 Å². The first-order valence-corrected chi connectivity index (χ1v) is 9.81. The van der Waals surface area contributed by atoms with Crippen molar-refractivity contribution in [2.75, 3.05) is 19.6 Å². The number of likely N-dealkylation sites (tertiary alicyclic amines) is 1. The van der Waals surface area contributed by atoms with Gasteiger partial charge in [0.15, 0.2) is 0 Å². The highest BCUT2D eigenvalue weighted by molar-refractivity contribution is 5.83. The molecule has 0 saturated carbocycles. The van der Waals surface area contributed by atoms with E-state index in [2.05, 4.69) is 16.4 Å². The third-order valence-corrected chi connectivity index (χ3v) is 4.97. The molecule has 3 rings (SSSR count). The molecule has 1 aliphatic rings. The van der Waals surface area contributed by atoms with Gasteiger partial charge in [-0.1, -0.05) is 18.2 Å². The summed E-state index contributed by atoms with van der Waals surface area (Å²) in [5, 5.41) is 11.6. The molecule has 29 heavy (non-hydrogen) atoms. The summed E-state index contributed by atoms with van der Waals surface area (Å²) >= 11 is 0. The summed E-state index contributed by atoms with van der Waals surface area (Å²) in [5.41, 5.74) is 8.32. The number of hydrogen-bond acceptors (Lipinski definition) is 4. The van der Waals surface area contributed by atoms with Gasteiger partial charge < -0.3 is 26.0 Å². The van der Waals surface area contributed by atoms with Crippen molar-refractivity contribution in [1.82, 2.24) is 15.2 Å². The Hall–Kier alpha value is -2.87. The van der Waals surface area contributed by atoms with Crippen molar-refractivity contribution in [3.05, 3.63) is 36.0 Å². The van der Waals surface area contributed by atoms with Crippen molar-refractivity contribution >= 4 is 28.7 Å². The molecule has 0 unspecified atom stereocenters. The number of nitrogens with one attached hydrogen (secondary N) is 2. The maximum Gasteiger partial charge on any atom is 0.300 e. The third kappa shape index (κ3) is 6.90. The molecular formula is C21H30N4O4. The molecule has 1 saturated heterocycles. The van der Waals surface area contributed by atoms with E-state index in [4.69, 9.17) is 15.6 Å². The van der Waals surface area contributed by atoms with Crippen molar-refractivity contribution in [1.29, 1.82) is 0 Å². The summed E-state index contributed by atoms with van der Waals surface area (Å²) in [5.74, 6) is -1.02. The number of rotatable bonds is 4. The first-order chi connectivity index (χ1) is 13.8. The van der Waals surface area contributed by atoms with Crippen molar-refractivity contribution in [2.24, 2.45) is 11.7 Å². The predicted molar refractivity (Wildman–Crippen MR) is 111 cm³/mol. The van der Waals surface area contributed by atoms with Crippen molar-refractivity contribution in [3.8, 4) is 0 Å². The molecule has 8 heteroatoms. The lowest BCUT2D eigenvalue weighted by molar-refractivity contribution is -0.134. The van der Waals surface area contributed by atoms with E-state index in [-0.39, 0.29) is 23.8 Å². The number of nitrogens with zero attached hydrogens (tertiary/aromatic N) is 1. The van der Waals surface area contributed by atoms with Crippen LogP contribution in [0.25, 0.3) is 10.9 Å². The number of amides is 2. The second-order valence-electron chi connectivity index (χ2n) is 7.38. The molecule has 1 fully saturated rings. The molecule has 1 aromatic heterocycles. The molecule has 2 heterocycles. The van der Waals surface area contributed by atoms with Crippen LogP contribution in [-0.4, -0.2) is 58.5 Å². The second-order valence-corrected chi connectivity index (χ2v) is 7.38. The van der Waals surface area contributed by atoms with Crippen LogP contribution in [-0.2, 0) is 20.8 Å². The first-order valence-electron chi connectivity index (χ1n) is 9.81. The largest absolute Gasteiger partial charge is 0.481 e. The average Bonchev–Trinajstić information content (AvgIpc) is 2.95. The van der Waals surface area contributed by atoms with Crippen LogP contribution in [0, 0.1) is 5.92 Å². The van der Waals surface area contributed by atoms with Crippen LogP contribution < -0.4 is 11.1 Å². The Morgan fingerprint density at radius 3 is 2.59 bits per heavy atom. The number of aromatic nitrogens is 1. The van der Waals surface area contributed by atoms with Gasteiger partial charge in [0.25, 0.3) is 5.97 Å². The van der Waals surface area contributed by atoms with Crippen LogP contribution >= 0.6 is 0 Å². The van der Waals surface area contributed by atoms with E-state index in [1.165, 1.54) is 17.9 Å². The van der Waals surface area contributed by atoms with E-state index in [0.717, 1.165) is 31.7 Å². The number of benzene rings is 1. The maximum atomic E-state index is 12.5. The minimum Gasteiger partial charge on any atom is -0.481 e. The van der Waals surface area contributed by atoms with E-state index in [9.17, 15) is 9.59 Å². The van der Waals surface area contributed by atoms with Crippen LogP contribution in [0.15, 0.2) is 30.5 Å². The van der Waals surface area contributed by atoms with Crippen LogP contribution in [0.3, 0.4) is 0 Å². The van der Waals surface area contributed by atoms with E-state index >= 15 is 0 Å². The number of para-hydroxylation sites is 1.